The second kappa shape index (κ2) is 4.72. The molecule has 0 saturated carbocycles. The van der Waals surface area contributed by atoms with Crippen LogP contribution in [0.3, 0.4) is 0 Å². The van der Waals surface area contributed by atoms with Crippen LogP contribution in [0, 0.1) is 6.92 Å². The summed E-state index contributed by atoms with van der Waals surface area (Å²) >= 11 is 5.50. The molecule has 1 unspecified atom stereocenters. The maximum absolute atomic E-state index is 9.33. The van der Waals surface area contributed by atoms with Crippen molar-refractivity contribution in [3.63, 3.8) is 0 Å². The Morgan fingerprint density at radius 3 is 3.12 bits per heavy atom. The largest absolute Gasteiger partial charge is 0.490 e. The normalized spacial score (nSPS) is 12.9. The molecule has 1 atom stereocenters. The zero-order valence-corrected chi connectivity index (χ0v) is 9.66. The van der Waals surface area contributed by atoms with Gasteiger partial charge in [-0.15, -0.1) is 11.6 Å². The molecule has 0 aliphatic heterocycles. The number of aromatic nitrogens is 2. The minimum absolute atomic E-state index is 0.167. The van der Waals surface area contributed by atoms with E-state index in [0.29, 0.717) is 5.75 Å². The molecule has 86 valence electrons. The lowest BCUT2D eigenvalue weighted by Crippen LogP contribution is -2.18. The summed E-state index contributed by atoms with van der Waals surface area (Å²) in [6, 6.07) is 3.91. The summed E-state index contributed by atoms with van der Waals surface area (Å²) in [4.78, 5) is 0. The number of ether oxygens (including phenoxy) is 1. The van der Waals surface area contributed by atoms with Crippen molar-refractivity contribution in [1.29, 1.82) is 0 Å². The monoisotopic (exact) mass is 240 g/mol. The predicted octanol–water partition coefficient (Wildman–Crippen LogP) is 1.85. The highest BCUT2D eigenvalue weighted by molar-refractivity contribution is 6.18. The number of aryl methyl sites for hydroxylation is 1. The summed E-state index contributed by atoms with van der Waals surface area (Å²) in [5.41, 5.74) is 2.00. The molecule has 0 amide bonds. The van der Waals surface area contributed by atoms with Crippen LogP contribution < -0.4 is 4.74 Å². The van der Waals surface area contributed by atoms with Gasteiger partial charge in [0, 0.05) is 0 Å². The van der Waals surface area contributed by atoms with E-state index in [-0.39, 0.29) is 12.5 Å². The first kappa shape index (κ1) is 11.2. The fourth-order valence-electron chi connectivity index (χ4n) is 1.51. The van der Waals surface area contributed by atoms with Gasteiger partial charge in [-0.05, 0) is 24.6 Å². The smallest absolute Gasteiger partial charge is 0.130 e. The van der Waals surface area contributed by atoms with Crippen molar-refractivity contribution in [2.24, 2.45) is 0 Å². The zero-order valence-electron chi connectivity index (χ0n) is 8.90. The number of halogens is 1. The van der Waals surface area contributed by atoms with E-state index in [4.69, 9.17) is 16.3 Å². The third kappa shape index (κ3) is 2.28. The Labute approximate surface area is 98.2 Å². The minimum Gasteiger partial charge on any atom is -0.490 e. The predicted molar refractivity (Wildman–Crippen MR) is 63.1 cm³/mol. The van der Waals surface area contributed by atoms with Gasteiger partial charge in [0.25, 0.3) is 0 Å². The van der Waals surface area contributed by atoms with Gasteiger partial charge < -0.3 is 9.84 Å². The average molecular weight is 241 g/mol. The summed E-state index contributed by atoms with van der Waals surface area (Å²) in [6.45, 7) is 2.17. The second-order valence-electron chi connectivity index (χ2n) is 3.71. The molecular weight excluding hydrogens is 228 g/mol. The van der Waals surface area contributed by atoms with Crippen molar-refractivity contribution in [3.05, 3.63) is 23.9 Å². The van der Waals surface area contributed by atoms with E-state index in [1.807, 2.05) is 19.1 Å². The van der Waals surface area contributed by atoms with Crippen molar-refractivity contribution in [2.45, 2.75) is 13.0 Å². The first-order chi connectivity index (χ1) is 7.70. The quantitative estimate of drug-likeness (QED) is 0.802. The molecule has 1 heterocycles. The van der Waals surface area contributed by atoms with Gasteiger partial charge >= 0.3 is 0 Å². The van der Waals surface area contributed by atoms with Gasteiger partial charge in [-0.3, -0.25) is 5.10 Å². The molecule has 0 aliphatic rings. The van der Waals surface area contributed by atoms with Crippen molar-refractivity contribution in [3.8, 4) is 5.75 Å². The van der Waals surface area contributed by atoms with Crippen LogP contribution in [0.4, 0.5) is 0 Å². The van der Waals surface area contributed by atoms with Gasteiger partial charge in [0.1, 0.15) is 18.5 Å². The van der Waals surface area contributed by atoms with Gasteiger partial charge in [-0.1, -0.05) is 0 Å². The standard InChI is InChI=1S/C11H13ClN2O2/c1-7-2-10-9(5-13-14-10)11(3-7)16-6-8(15)4-12/h2-3,5,8,15H,4,6H2,1H3,(H,13,14). The molecule has 1 aromatic heterocycles. The van der Waals surface area contributed by atoms with Crippen LogP contribution in [0.25, 0.3) is 10.9 Å². The number of H-pyrrole nitrogens is 1. The molecule has 5 heteroatoms. The number of hydrogen-bond acceptors (Lipinski definition) is 3. The van der Waals surface area contributed by atoms with Gasteiger partial charge in [-0.2, -0.15) is 5.10 Å². The Hall–Kier alpha value is -1.26. The van der Waals surface area contributed by atoms with Crippen LogP contribution in [0.1, 0.15) is 5.56 Å². The number of aliphatic hydroxyl groups excluding tert-OH is 1. The molecule has 0 spiro atoms. The van der Waals surface area contributed by atoms with E-state index in [1.165, 1.54) is 0 Å². The third-order valence-corrected chi connectivity index (χ3v) is 2.63. The van der Waals surface area contributed by atoms with Gasteiger partial charge in [-0.25, -0.2) is 0 Å². The van der Waals surface area contributed by atoms with E-state index in [9.17, 15) is 5.11 Å². The number of hydrogen-bond donors (Lipinski definition) is 2. The molecule has 2 rings (SSSR count). The van der Waals surface area contributed by atoms with Crippen molar-refractivity contribution < 1.29 is 9.84 Å². The van der Waals surface area contributed by atoms with E-state index in [2.05, 4.69) is 10.2 Å². The number of nitrogens with one attached hydrogen (secondary N) is 1. The van der Waals surface area contributed by atoms with Crippen LogP contribution in [0.2, 0.25) is 0 Å². The molecule has 0 aliphatic carbocycles. The number of nitrogens with zero attached hydrogens (tertiary/aromatic N) is 1. The molecule has 2 N–H and O–H groups in total. The highest BCUT2D eigenvalue weighted by Gasteiger charge is 2.08. The minimum atomic E-state index is -0.649. The summed E-state index contributed by atoms with van der Waals surface area (Å²) in [7, 11) is 0. The molecule has 0 radical (unpaired) electrons. The van der Waals surface area contributed by atoms with Crippen LogP contribution >= 0.6 is 11.6 Å². The van der Waals surface area contributed by atoms with E-state index in [1.54, 1.807) is 6.20 Å². The summed E-state index contributed by atoms with van der Waals surface area (Å²) in [5, 5.41) is 17.1. The van der Waals surface area contributed by atoms with E-state index in [0.717, 1.165) is 16.5 Å². The molecule has 4 nitrogen and oxygen atoms in total. The topological polar surface area (TPSA) is 58.1 Å². The number of benzene rings is 1. The molecule has 0 fully saturated rings. The second-order valence-corrected chi connectivity index (χ2v) is 4.02. The Kier molecular flexibility index (Phi) is 3.31. The summed E-state index contributed by atoms with van der Waals surface area (Å²) < 4.78 is 5.52. The number of fused-ring (bicyclic) bond motifs is 1. The molecule has 0 saturated heterocycles. The lowest BCUT2D eigenvalue weighted by atomic mass is 10.1. The number of rotatable bonds is 4. The number of aromatic amines is 1. The van der Waals surface area contributed by atoms with Gasteiger partial charge in [0.05, 0.1) is 23.0 Å². The SMILES string of the molecule is Cc1cc(OCC(O)CCl)c2cn[nH]c2c1. The summed E-state index contributed by atoms with van der Waals surface area (Å²) in [6.07, 6.45) is 1.06. The number of aliphatic hydroxyl groups is 1. The Balaban J connectivity index is 2.25. The maximum Gasteiger partial charge on any atom is 0.130 e. The number of alkyl halides is 1. The molecule has 1 aromatic carbocycles. The Morgan fingerprint density at radius 2 is 2.38 bits per heavy atom. The zero-order chi connectivity index (χ0) is 11.5. The molecule has 16 heavy (non-hydrogen) atoms. The molecule has 2 aromatic rings. The van der Waals surface area contributed by atoms with Crippen LogP contribution in [0.15, 0.2) is 18.3 Å². The first-order valence-corrected chi connectivity index (χ1v) is 5.54. The maximum atomic E-state index is 9.33. The van der Waals surface area contributed by atoms with Gasteiger partial charge in [0.15, 0.2) is 0 Å². The highest BCUT2D eigenvalue weighted by atomic mass is 35.5. The van der Waals surface area contributed by atoms with Crippen molar-refractivity contribution >= 4 is 22.5 Å². The third-order valence-electron chi connectivity index (χ3n) is 2.27. The van der Waals surface area contributed by atoms with Gasteiger partial charge in [0.2, 0.25) is 0 Å². The Bertz CT molecular complexity index is 484. The van der Waals surface area contributed by atoms with Crippen LogP contribution in [-0.4, -0.2) is 33.9 Å². The lowest BCUT2D eigenvalue weighted by molar-refractivity contribution is 0.126. The molecular formula is C11H13ClN2O2. The van der Waals surface area contributed by atoms with Crippen LogP contribution in [0.5, 0.6) is 5.75 Å². The fraction of sp³-hybridized carbons (Fsp3) is 0.364. The highest BCUT2D eigenvalue weighted by Crippen LogP contribution is 2.25. The summed E-state index contributed by atoms with van der Waals surface area (Å²) in [5.74, 6) is 0.883. The van der Waals surface area contributed by atoms with E-state index >= 15 is 0 Å². The van der Waals surface area contributed by atoms with Crippen LogP contribution in [-0.2, 0) is 0 Å². The lowest BCUT2D eigenvalue weighted by Gasteiger charge is -2.10. The molecule has 0 bridgehead atoms. The first-order valence-electron chi connectivity index (χ1n) is 5.01. The average Bonchev–Trinajstić information content (AvgIpc) is 2.73. The fourth-order valence-corrected chi connectivity index (χ4v) is 1.60. The van der Waals surface area contributed by atoms with E-state index < -0.39 is 6.10 Å². The van der Waals surface area contributed by atoms with Crippen molar-refractivity contribution in [2.75, 3.05) is 12.5 Å². The Morgan fingerprint density at radius 1 is 1.56 bits per heavy atom. The van der Waals surface area contributed by atoms with Crippen molar-refractivity contribution in [1.82, 2.24) is 10.2 Å².